The summed E-state index contributed by atoms with van der Waals surface area (Å²) in [5, 5.41) is 0. The van der Waals surface area contributed by atoms with Crippen molar-refractivity contribution in [2.75, 3.05) is 0 Å². The van der Waals surface area contributed by atoms with Crippen molar-refractivity contribution in [1.29, 1.82) is 0 Å². The van der Waals surface area contributed by atoms with E-state index in [-0.39, 0.29) is 23.8 Å². The van der Waals surface area contributed by atoms with Gasteiger partial charge >= 0.3 is 0 Å². The summed E-state index contributed by atoms with van der Waals surface area (Å²) in [5.41, 5.74) is -0.461. The quantitative estimate of drug-likeness (QED) is 0.482. The highest BCUT2D eigenvalue weighted by Gasteiger charge is 2.73. The largest absolute Gasteiger partial charge is 0.279 e. The van der Waals surface area contributed by atoms with Crippen LogP contribution in [-0.4, -0.2) is 32.4 Å². The van der Waals surface area contributed by atoms with E-state index < -0.39 is 5.41 Å². The maximum Gasteiger partial charge on any atom is 0.236 e. The molecule has 21 heavy (non-hydrogen) atoms. The molecule has 4 rings (SSSR count). The van der Waals surface area contributed by atoms with Crippen molar-refractivity contribution in [3.63, 3.8) is 0 Å². The fourth-order valence-corrected chi connectivity index (χ4v) is 7.55. The summed E-state index contributed by atoms with van der Waals surface area (Å²) >= 11 is 7.52. The molecule has 5 heteroatoms. The molecule has 0 aromatic heterocycles. The van der Waals surface area contributed by atoms with E-state index in [1.54, 1.807) is 4.90 Å². The number of nitrogens with zero attached hydrogens (tertiary/aromatic N) is 1. The fraction of sp³-hybridized carbons (Fsp3) is 0.875. The second-order valence-corrected chi connectivity index (χ2v) is 9.58. The minimum Gasteiger partial charge on any atom is -0.279 e. The zero-order valence-electron chi connectivity index (χ0n) is 12.2. The molecule has 3 nitrogen and oxygen atoms in total. The van der Waals surface area contributed by atoms with E-state index in [2.05, 4.69) is 38.8 Å². The topological polar surface area (TPSA) is 37.4 Å². The molecule has 3 saturated carbocycles. The minimum atomic E-state index is -0.461. The SMILES string of the molecule is C[C@]12C(=O)N(C3CCCCC3)C(=O)[C@H]1[C@H]1C[C@@H]2[C@H](Br)[C@@H]1Br. The lowest BCUT2D eigenvalue weighted by Crippen LogP contribution is -2.46. The van der Waals surface area contributed by atoms with Crippen molar-refractivity contribution in [2.24, 2.45) is 23.2 Å². The van der Waals surface area contributed by atoms with Gasteiger partial charge in [-0.25, -0.2) is 0 Å². The van der Waals surface area contributed by atoms with Gasteiger partial charge in [0.15, 0.2) is 0 Å². The number of hydrogen-bond donors (Lipinski definition) is 0. The Morgan fingerprint density at radius 2 is 1.76 bits per heavy atom. The van der Waals surface area contributed by atoms with Crippen molar-refractivity contribution in [2.45, 2.75) is 61.1 Å². The van der Waals surface area contributed by atoms with Crippen LogP contribution in [0.5, 0.6) is 0 Å². The molecule has 6 atom stereocenters. The Morgan fingerprint density at radius 3 is 2.43 bits per heavy atom. The van der Waals surface area contributed by atoms with Gasteiger partial charge in [0, 0.05) is 15.7 Å². The molecule has 0 aromatic rings. The molecule has 2 amide bonds. The zero-order valence-corrected chi connectivity index (χ0v) is 15.4. The highest BCUT2D eigenvalue weighted by molar-refractivity contribution is 9.12. The van der Waals surface area contributed by atoms with Gasteiger partial charge in [-0.05, 0) is 38.0 Å². The van der Waals surface area contributed by atoms with Crippen molar-refractivity contribution in [3.05, 3.63) is 0 Å². The van der Waals surface area contributed by atoms with Crippen LogP contribution in [0.4, 0.5) is 0 Å². The van der Waals surface area contributed by atoms with Gasteiger partial charge in [-0.3, -0.25) is 14.5 Å². The van der Waals surface area contributed by atoms with Crippen LogP contribution in [0.1, 0.15) is 45.4 Å². The van der Waals surface area contributed by atoms with Crippen molar-refractivity contribution in [1.82, 2.24) is 4.90 Å². The van der Waals surface area contributed by atoms with Crippen LogP contribution >= 0.6 is 31.9 Å². The van der Waals surface area contributed by atoms with Gasteiger partial charge in [-0.15, -0.1) is 0 Å². The van der Waals surface area contributed by atoms with Gasteiger partial charge in [-0.1, -0.05) is 51.1 Å². The lowest BCUT2D eigenvalue weighted by molar-refractivity contribution is -0.145. The predicted octanol–water partition coefficient (Wildman–Crippen LogP) is 3.49. The third-order valence-electron chi connectivity index (χ3n) is 6.59. The first-order chi connectivity index (χ1) is 9.98. The molecule has 0 radical (unpaired) electrons. The van der Waals surface area contributed by atoms with Gasteiger partial charge in [0.1, 0.15) is 0 Å². The van der Waals surface area contributed by atoms with Crippen LogP contribution < -0.4 is 0 Å². The van der Waals surface area contributed by atoms with Gasteiger partial charge < -0.3 is 0 Å². The van der Waals surface area contributed by atoms with Gasteiger partial charge in [-0.2, -0.15) is 0 Å². The van der Waals surface area contributed by atoms with E-state index >= 15 is 0 Å². The van der Waals surface area contributed by atoms with Gasteiger partial charge in [0.05, 0.1) is 11.3 Å². The number of carbonyl (C=O) groups is 2. The standard InChI is InChI=1S/C16H21Br2NO2/c1-16-10-7-9(12(17)13(10)18)11(16)14(20)19(15(16)21)8-5-3-2-4-6-8/h8-13H,2-7H2,1H3/t9-,10-,11-,12-,13+,16-/m1/s1. The summed E-state index contributed by atoms with van der Waals surface area (Å²) in [6, 6.07) is 0.170. The van der Waals surface area contributed by atoms with E-state index in [1.807, 2.05) is 0 Å². The van der Waals surface area contributed by atoms with Crippen molar-refractivity contribution in [3.8, 4) is 0 Å². The number of carbonyl (C=O) groups excluding carboxylic acids is 2. The third kappa shape index (κ3) is 1.71. The van der Waals surface area contributed by atoms with Crippen LogP contribution in [0.3, 0.4) is 0 Å². The Kier molecular flexibility index (Phi) is 3.35. The van der Waals surface area contributed by atoms with Crippen LogP contribution in [-0.2, 0) is 9.59 Å². The zero-order chi connectivity index (χ0) is 14.9. The van der Waals surface area contributed by atoms with Crippen molar-refractivity contribution >= 4 is 43.7 Å². The molecule has 0 N–H and O–H groups in total. The number of likely N-dealkylation sites (tertiary alicyclic amines) is 1. The monoisotopic (exact) mass is 417 g/mol. The smallest absolute Gasteiger partial charge is 0.236 e. The van der Waals surface area contributed by atoms with Crippen LogP contribution in [0, 0.1) is 23.2 Å². The first-order valence-corrected chi connectivity index (χ1v) is 9.96. The summed E-state index contributed by atoms with van der Waals surface area (Å²) in [7, 11) is 0. The first kappa shape index (κ1) is 14.7. The minimum absolute atomic E-state index is 0.0879. The summed E-state index contributed by atoms with van der Waals surface area (Å²) in [6.45, 7) is 2.05. The van der Waals surface area contributed by atoms with E-state index in [4.69, 9.17) is 0 Å². The molecule has 0 spiro atoms. The van der Waals surface area contributed by atoms with Crippen LogP contribution in [0.15, 0.2) is 0 Å². The fourth-order valence-electron chi connectivity index (χ4n) is 5.51. The third-order valence-corrected chi connectivity index (χ3v) is 9.76. The number of fused-ring (bicyclic) bond motifs is 5. The molecule has 4 aliphatic rings. The van der Waals surface area contributed by atoms with E-state index in [0.717, 1.165) is 32.1 Å². The Bertz CT molecular complexity index is 505. The average Bonchev–Trinajstić information content (AvgIpc) is 3.01. The summed E-state index contributed by atoms with van der Waals surface area (Å²) in [4.78, 5) is 28.5. The van der Waals surface area contributed by atoms with E-state index in [9.17, 15) is 9.59 Å². The van der Waals surface area contributed by atoms with Gasteiger partial charge in [0.25, 0.3) is 0 Å². The predicted molar refractivity (Wildman–Crippen MR) is 87.4 cm³/mol. The normalized spacial score (nSPS) is 50.0. The van der Waals surface area contributed by atoms with Crippen molar-refractivity contribution < 1.29 is 9.59 Å². The molecule has 116 valence electrons. The highest BCUT2D eigenvalue weighted by atomic mass is 79.9. The summed E-state index contributed by atoms with van der Waals surface area (Å²) in [6.07, 6.45) is 6.56. The molecule has 4 fully saturated rings. The molecule has 2 bridgehead atoms. The molecule has 3 aliphatic carbocycles. The first-order valence-electron chi connectivity index (χ1n) is 8.13. The van der Waals surface area contributed by atoms with E-state index in [1.165, 1.54) is 6.42 Å². The molecule has 1 aliphatic heterocycles. The second-order valence-electron chi connectivity index (χ2n) is 7.46. The molecule has 1 heterocycles. The molecular formula is C16H21Br2NO2. The molecule has 0 aromatic carbocycles. The number of imide groups is 1. The average molecular weight is 419 g/mol. The maximum absolute atomic E-state index is 13.1. The Morgan fingerprint density at radius 1 is 1.10 bits per heavy atom. The number of rotatable bonds is 1. The van der Waals surface area contributed by atoms with E-state index in [0.29, 0.717) is 21.5 Å². The summed E-state index contributed by atoms with van der Waals surface area (Å²) < 4.78 is 0. The Labute approximate surface area is 142 Å². The highest BCUT2D eigenvalue weighted by Crippen LogP contribution is 2.66. The second kappa shape index (κ2) is 4.80. The Balaban J connectivity index is 1.70. The van der Waals surface area contributed by atoms with Crippen LogP contribution in [0.2, 0.25) is 0 Å². The molecule has 0 unspecified atom stereocenters. The maximum atomic E-state index is 13.1. The lowest BCUT2D eigenvalue weighted by atomic mass is 9.69. The molecule has 1 saturated heterocycles. The number of alkyl halides is 2. The number of halogens is 2. The Hall–Kier alpha value is 0.1000. The summed E-state index contributed by atoms with van der Waals surface area (Å²) in [5.74, 6) is 0.776. The number of hydrogen-bond acceptors (Lipinski definition) is 2. The van der Waals surface area contributed by atoms with Crippen LogP contribution in [0.25, 0.3) is 0 Å². The lowest BCUT2D eigenvalue weighted by Gasteiger charge is -2.37. The molecular weight excluding hydrogens is 398 g/mol. The number of amides is 2. The van der Waals surface area contributed by atoms with Gasteiger partial charge in [0.2, 0.25) is 11.8 Å².